The van der Waals surface area contributed by atoms with Crippen molar-refractivity contribution in [2.75, 3.05) is 51.3 Å². The van der Waals surface area contributed by atoms with E-state index in [1.54, 1.807) is 49.4 Å². The average molecular weight is 1280 g/mol. The number of nitrogens with zero attached hydrogens (tertiary/aromatic N) is 3. The number of hydrogen-bond donors (Lipinski definition) is 4. The molecule has 0 aromatic heterocycles. The number of benzene rings is 8. The van der Waals surface area contributed by atoms with Crippen LogP contribution in [0.3, 0.4) is 0 Å². The van der Waals surface area contributed by atoms with Crippen LogP contribution in [0.4, 0.5) is 33.3 Å². The SMILES string of the molecule is CC(Cc1cccc(C(F)(F)F)c1)NC(/C=C/c1ccccc1)C(=O)O.CN(CCCN1c2ccccc2C=Cc2ccccc21)C(/C=C/c1ccccc1)C(=O)O.O=C(O)C(/C=C/c1ccccc1)C1CCN(CCOC(c2ccc(F)cc2)c2ccc(F)cc2)CC1. The third-order valence-corrected chi connectivity index (χ3v) is 16.4. The largest absolute Gasteiger partial charge is 0.481 e. The van der Waals surface area contributed by atoms with Gasteiger partial charge in [-0.1, -0.05) is 218 Å². The number of carboxylic acids is 3. The summed E-state index contributed by atoms with van der Waals surface area (Å²) in [6, 6.07) is 61.0. The molecule has 94 heavy (non-hydrogen) atoms. The van der Waals surface area contributed by atoms with E-state index in [0.717, 1.165) is 78.8 Å². The van der Waals surface area contributed by atoms with Gasteiger partial charge in [-0.15, -0.1) is 0 Å². The second kappa shape index (κ2) is 35.5. The van der Waals surface area contributed by atoms with E-state index in [-0.39, 0.29) is 30.0 Å². The van der Waals surface area contributed by atoms with Crippen molar-refractivity contribution in [3.63, 3.8) is 0 Å². The molecule has 8 aromatic carbocycles. The minimum absolute atomic E-state index is 0.0887. The van der Waals surface area contributed by atoms with Gasteiger partial charge in [-0.05, 0) is 146 Å². The number of piperidine rings is 1. The van der Waals surface area contributed by atoms with Gasteiger partial charge in [-0.2, -0.15) is 13.2 Å². The first-order valence-electron chi connectivity index (χ1n) is 31.4. The first-order valence-corrected chi connectivity index (χ1v) is 31.4. The Hall–Kier alpha value is -9.58. The molecule has 488 valence electrons. The monoisotopic (exact) mass is 1280 g/mol. The van der Waals surface area contributed by atoms with Crippen molar-refractivity contribution in [1.82, 2.24) is 15.1 Å². The van der Waals surface area contributed by atoms with Crippen molar-refractivity contribution < 1.29 is 56.4 Å². The zero-order chi connectivity index (χ0) is 66.8. The molecule has 11 nitrogen and oxygen atoms in total. The lowest BCUT2D eigenvalue weighted by molar-refractivity contribution is -0.142. The van der Waals surface area contributed by atoms with Crippen LogP contribution < -0.4 is 10.2 Å². The topological polar surface area (TPSA) is 143 Å². The highest BCUT2D eigenvalue weighted by molar-refractivity contribution is 5.88. The second-order valence-electron chi connectivity index (χ2n) is 23.2. The number of anilines is 2. The van der Waals surface area contributed by atoms with Crippen LogP contribution in [0.2, 0.25) is 0 Å². The molecule has 2 aliphatic heterocycles. The van der Waals surface area contributed by atoms with E-state index in [1.807, 2.05) is 121 Å². The summed E-state index contributed by atoms with van der Waals surface area (Å²) in [6.45, 7) is 5.96. The molecular weight excluding hydrogens is 1200 g/mol. The highest BCUT2D eigenvalue weighted by Crippen LogP contribution is 2.37. The Kier molecular flexibility index (Phi) is 26.5. The van der Waals surface area contributed by atoms with Crippen molar-refractivity contribution in [2.24, 2.45) is 11.8 Å². The maximum atomic E-state index is 13.4. The molecular formula is C78H79F5N4O7. The lowest BCUT2D eigenvalue weighted by Crippen LogP contribution is -2.41. The van der Waals surface area contributed by atoms with Gasteiger partial charge >= 0.3 is 24.1 Å². The van der Waals surface area contributed by atoms with Crippen LogP contribution >= 0.6 is 0 Å². The highest BCUT2D eigenvalue weighted by Gasteiger charge is 2.32. The van der Waals surface area contributed by atoms with Gasteiger partial charge in [0.25, 0.3) is 0 Å². The van der Waals surface area contributed by atoms with Crippen LogP contribution in [0.5, 0.6) is 0 Å². The fraction of sp³-hybridized carbons (Fsp3) is 0.244. The average Bonchev–Trinajstić information content (AvgIpc) is 1.83. The highest BCUT2D eigenvalue weighted by atomic mass is 19.4. The summed E-state index contributed by atoms with van der Waals surface area (Å²) in [4.78, 5) is 41.8. The fourth-order valence-corrected chi connectivity index (χ4v) is 11.4. The zero-order valence-corrected chi connectivity index (χ0v) is 52.6. The van der Waals surface area contributed by atoms with Crippen LogP contribution in [-0.2, 0) is 31.7 Å². The number of halogens is 5. The first kappa shape index (κ1) is 70.3. The lowest BCUT2D eigenvalue weighted by Gasteiger charge is -2.34. The van der Waals surface area contributed by atoms with E-state index in [9.17, 15) is 51.7 Å². The summed E-state index contributed by atoms with van der Waals surface area (Å²) in [5.41, 5.74) is 8.98. The quantitative estimate of drug-likeness (QED) is 0.0406. The van der Waals surface area contributed by atoms with E-state index in [0.29, 0.717) is 25.3 Å². The van der Waals surface area contributed by atoms with Gasteiger partial charge in [0.05, 0.1) is 18.1 Å². The van der Waals surface area contributed by atoms with Crippen molar-refractivity contribution in [3.8, 4) is 0 Å². The number of nitrogens with one attached hydrogen (secondary N) is 1. The van der Waals surface area contributed by atoms with Crippen molar-refractivity contribution >= 4 is 59.7 Å². The maximum absolute atomic E-state index is 13.4. The van der Waals surface area contributed by atoms with Crippen LogP contribution in [0.1, 0.15) is 82.4 Å². The third kappa shape index (κ3) is 21.8. The summed E-state index contributed by atoms with van der Waals surface area (Å²) in [6.07, 6.45) is 12.8. The molecule has 1 fully saturated rings. The first-order chi connectivity index (χ1) is 45.4. The number of carbonyl (C=O) groups is 3. The van der Waals surface area contributed by atoms with Crippen LogP contribution in [-0.4, -0.2) is 108 Å². The minimum Gasteiger partial charge on any atom is -0.481 e. The summed E-state index contributed by atoms with van der Waals surface area (Å²) in [7, 11) is 1.87. The Morgan fingerprint density at radius 2 is 1.09 bits per heavy atom. The van der Waals surface area contributed by atoms with Gasteiger partial charge in [0.2, 0.25) is 0 Å². The maximum Gasteiger partial charge on any atom is 0.416 e. The molecule has 1 saturated heterocycles. The van der Waals surface area contributed by atoms with Crippen LogP contribution in [0.25, 0.3) is 30.4 Å². The van der Waals surface area contributed by atoms with E-state index in [4.69, 9.17) is 4.74 Å². The second-order valence-corrected chi connectivity index (χ2v) is 23.2. The number of rotatable bonds is 25. The van der Waals surface area contributed by atoms with Crippen molar-refractivity contribution in [3.05, 3.63) is 292 Å². The van der Waals surface area contributed by atoms with Crippen molar-refractivity contribution in [1.29, 1.82) is 0 Å². The van der Waals surface area contributed by atoms with Gasteiger partial charge < -0.3 is 29.9 Å². The predicted molar refractivity (Wildman–Crippen MR) is 364 cm³/mol. The molecule has 0 aliphatic carbocycles. The summed E-state index contributed by atoms with van der Waals surface area (Å²) in [5, 5.41) is 31.8. The number of aliphatic carboxylic acids is 3. The number of ether oxygens (including phenoxy) is 1. The summed E-state index contributed by atoms with van der Waals surface area (Å²) >= 11 is 0. The number of alkyl halides is 3. The fourth-order valence-electron chi connectivity index (χ4n) is 11.4. The van der Waals surface area contributed by atoms with Gasteiger partial charge in [-0.25, -0.2) is 8.78 Å². The molecule has 2 aliphatic rings. The molecule has 2 heterocycles. The standard InChI is InChI=1S/C30H31F2NO3.C28H28N2O2.C20H20F3NO2/c31-26-11-7-24(8-12-26)29(25-9-13-27(32)14-10-25)36-21-20-33-18-16-23(17-19-33)28(30(34)35)15-6-22-4-2-1-3-5-22;1-29(27(28(31)32)19-16-22-10-3-2-4-11-22)20-9-21-30-25-14-7-5-12-23(25)17-18-24-13-6-8-15-26(24)30;1-14(12-16-8-5-9-17(13-16)20(21,22)23)24-18(19(25)26)11-10-15-6-3-2-4-7-15/h1-15,23,28-29H,16-21H2,(H,34,35);2-8,10-19,27H,9,20-21H2,1H3,(H,31,32);2-11,13-14,18,24H,12H2,1H3,(H,25,26)/b15-6+;19-16+;11-10+. The molecule has 0 bridgehead atoms. The Morgan fingerprint density at radius 1 is 0.596 bits per heavy atom. The molecule has 0 amide bonds. The summed E-state index contributed by atoms with van der Waals surface area (Å²) in [5.74, 6) is -3.74. The molecule has 4 N–H and O–H groups in total. The summed E-state index contributed by atoms with van der Waals surface area (Å²) < 4.78 is 71.4. The predicted octanol–water partition coefficient (Wildman–Crippen LogP) is 16.4. The third-order valence-electron chi connectivity index (χ3n) is 16.4. The normalized spacial score (nSPS) is 14.7. The molecule has 8 aromatic rings. The van der Waals surface area contributed by atoms with Crippen molar-refractivity contribution in [2.45, 2.75) is 63.0 Å². The molecule has 4 atom stereocenters. The van der Waals surface area contributed by atoms with Gasteiger partial charge in [0, 0.05) is 37.1 Å². The molecule has 0 radical (unpaired) electrons. The zero-order valence-electron chi connectivity index (χ0n) is 52.6. The minimum atomic E-state index is -4.39. The van der Waals surface area contributed by atoms with E-state index in [2.05, 4.69) is 75.8 Å². The number of likely N-dealkylation sites (N-methyl/N-ethyl adjacent to an activating group) is 1. The Labute approximate surface area is 547 Å². The van der Waals surface area contributed by atoms with E-state index >= 15 is 0 Å². The number of hydrogen-bond acceptors (Lipinski definition) is 8. The smallest absolute Gasteiger partial charge is 0.416 e. The van der Waals surface area contributed by atoms with Gasteiger partial charge in [0.1, 0.15) is 29.8 Å². The number of carboxylic acid groups (broad SMARTS) is 3. The molecule has 0 saturated carbocycles. The van der Waals surface area contributed by atoms with Gasteiger partial charge in [-0.3, -0.25) is 24.6 Å². The van der Waals surface area contributed by atoms with Crippen LogP contribution in [0.15, 0.2) is 231 Å². The van der Waals surface area contributed by atoms with E-state index < -0.39 is 53.8 Å². The Bertz CT molecular complexity index is 3690. The number of fused-ring (bicyclic) bond motifs is 2. The molecule has 4 unspecified atom stereocenters. The Balaban J connectivity index is 0.000000183. The number of likely N-dealkylation sites (tertiary alicyclic amines) is 1. The molecule has 10 rings (SSSR count). The number of para-hydroxylation sites is 2. The molecule has 0 spiro atoms. The Morgan fingerprint density at radius 3 is 1.57 bits per heavy atom. The molecule has 16 heteroatoms. The van der Waals surface area contributed by atoms with Gasteiger partial charge in [0.15, 0.2) is 0 Å². The lowest BCUT2D eigenvalue weighted by atomic mass is 9.83. The van der Waals surface area contributed by atoms with Crippen LogP contribution in [0, 0.1) is 23.5 Å². The van der Waals surface area contributed by atoms with E-state index in [1.165, 1.54) is 58.9 Å².